The molecule has 0 spiro atoms. The Kier molecular flexibility index (Phi) is 3.75. The van der Waals surface area contributed by atoms with Crippen molar-refractivity contribution in [1.82, 2.24) is 0 Å². The van der Waals surface area contributed by atoms with Crippen molar-refractivity contribution in [2.45, 2.75) is 19.2 Å². The first-order chi connectivity index (χ1) is 6.86. The third kappa shape index (κ3) is 2.93. The van der Waals surface area contributed by atoms with Crippen molar-refractivity contribution in [1.29, 1.82) is 0 Å². The van der Waals surface area contributed by atoms with Crippen LogP contribution in [0.25, 0.3) is 0 Å². The number of rotatable bonds is 2. The van der Waals surface area contributed by atoms with Gasteiger partial charge in [-0.3, -0.25) is 4.84 Å². The molecule has 0 radical (unpaired) electrons. The predicted molar refractivity (Wildman–Crippen MR) is 52.8 cm³/mol. The van der Waals surface area contributed by atoms with Crippen LogP contribution in [0.1, 0.15) is 24.2 Å². The summed E-state index contributed by atoms with van der Waals surface area (Å²) in [5.41, 5.74) is -0.350. The lowest BCUT2D eigenvalue weighted by molar-refractivity contribution is -0.138. The zero-order valence-electron chi connectivity index (χ0n) is 7.81. The van der Waals surface area contributed by atoms with Crippen LogP contribution in [0.3, 0.4) is 0 Å². The van der Waals surface area contributed by atoms with Gasteiger partial charge in [0.1, 0.15) is 6.10 Å². The van der Waals surface area contributed by atoms with Crippen LogP contribution in [-0.4, -0.2) is 0 Å². The molecule has 0 aliphatic carbocycles. The summed E-state index contributed by atoms with van der Waals surface area (Å²) in [5, 5.41) is 0. The molecule has 0 heterocycles. The Morgan fingerprint density at radius 1 is 1.40 bits per heavy atom. The van der Waals surface area contributed by atoms with Crippen molar-refractivity contribution in [3.63, 3.8) is 0 Å². The number of hydrogen-bond acceptors (Lipinski definition) is 2. The Morgan fingerprint density at radius 3 is 2.47 bits per heavy atom. The van der Waals surface area contributed by atoms with E-state index in [0.29, 0.717) is 5.56 Å². The van der Waals surface area contributed by atoms with Crippen molar-refractivity contribution in [3.05, 3.63) is 33.8 Å². The summed E-state index contributed by atoms with van der Waals surface area (Å²) in [6.45, 7) is 1.57. The molecule has 1 unspecified atom stereocenters. The highest BCUT2D eigenvalue weighted by molar-refractivity contribution is 9.10. The first-order valence-electron chi connectivity index (χ1n) is 4.08. The lowest BCUT2D eigenvalue weighted by Crippen LogP contribution is -2.10. The maximum Gasteiger partial charge on any atom is 0.417 e. The SMILES string of the molecule is CC(ON)c1ccc(Br)c(C(F)(F)F)c1. The van der Waals surface area contributed by atoms with Crippen LogP contribution in [0.2, 0.25) is 0 Å². The van der Waals surface area contributed by atoms with E-state index < -0.39 is 17.8 Å². The second kappa shape index (κ2) is 4.51. The molecule has 0 aliphatic heterocycles. The van der Waals surface area contributed by atoms with Gasteiger partial charge in [-0.15, -0.1) is 0 Å². The molecule has 1 rings (SSSR count). The molecule has 6 heteroatoms. The third-order valence-electron chi connectivity index (χ3n) is 1.97. The third-order valence-corrected chi connectivity index (χ3v) is 2.66. The lowest BCUT2D eigenvalue weighted by atomic mass is 10.1. The van der Waals surface area contributed by atoms with E-state index in [1.807, 2.05) is 0 Å². The van der Waals surface area contributed by atoms with Crippen LogP contribution in [0.15, 0.2) is 22.7 Å². The van der Waals surface area contributed by atoms with Gasteiger partial charge in [-0.05, 0) is 24.6 Å². The summed E-state index contributed by atoms with van der Waals surface area (Å²) in [5.74, 6) is 4.91. The van der Waals surface area contributed by atoms with E-state index >= 15 is 0 Å². The van der Waals surface area contributed by atoms with Gasteiger partial charge in [-0.1, -0.05) is 22.0 Å². The topological polar surface area (TPSA) is 35.2 Å². The molecular formula is C9H9BrF3NO. The number of hydrogen-bond donors (Lipinski definition) is 1. The maximum absolute atomic E-state index is 12.5. The van der Waals surface area contributed by atoms with Gasteiger partial charge in [-0.25, -0.2) is 5.90 Å². The van der Waals surface area contributed by atoms with E-state index in [0.717, 1.165) is 6.07 Å². The first-order valence-corrected chi connectivity index (χ1v) is 4.87. The molecule has 0 bridgehead atoms. The minimum Gasteiger partial charge on any atom is -0.297 e. The Balaban J connectivity index is 3.17. The zero-order chi connectivity index (χ0) is 11.6. The fourth-order valence-electron chi connectivity index (χ4n) is 1.09. The summed E-state index contributed by atoms with van der Waals surface area (Å²) >= 11 is 2.85. The van der Waals surface area contributed by atoms with Crippen LogP contribution in [0, 0.1) is 0 Å². The standard InChI is InChI=1S/C9H9BrF3NO/c1-5(15-14)6-2-3-8(10)7(4-6)9(11,12)13/h2-5H,14H2,1H3. The van der Waals surface area contributed by atoms with Gasteiger partial charge >= 0.3 is 6.18 Å². The molecule has 1 atom stereocenters. The quantitative estimate of drug-likeness (QED) is 0.844. The Hall–Kier alpha value is -0.590. The van der Waals surface area contributed by atoms with Crippen molar-refractivity contribution < 1.29 is 18.0 Å². The zero-order valence-corrected chi connectivity index (χ0v) is 9.39. The molecular weight excluding hydrogens is 275 g/mol. The monoisotopic (exact) mass is 283 g/mol. The Labute approximate surface area is 93.3 Å². The molecule has 1 aromatic carbocycles. The highest BCUT2D eigenvalue weighted by Crippen LogP contribution is 2.36. The first kappa shape index (κ1) is 12.5. The summed E-state index contributed by atoms with van der Waals surface area (Å²) in [7, 11) is 0. The van der Waals surface area contributed by atoms with E-state index in [-0.39, 0.29) is 4.47 Å². The fourth-order valence-corrected chi connectivity index (χ4v) is 1.56. The van der Waals surface area contributed by atoms with Crippen LogP contribution in [0.5, 0.6) is 0 Å². The Bertz CT molecular complexity index is 354. The van der Waals surface area contributed by atoms with Gasteiger partial charge < -0.3 is 0 Å². The van der Waals surface area contributed by atoms with Crippen molar-refractivity contribution in [3.8, 4) is 0 Å². The van der Waals surface area contributed by atoms with Crippen LogP contribution in [-0.2, 0) is 11.0 Å². The van der Waals surface area contributed by atoms with Gasteiger partial charge in [0.05, 0.1) is 5.56 Å². The van der Waals surface area contributed by atoms with Gasteiger partial charge in [0, 0.05) is 4.47 Å². The van der Waals surface area contributed by atoms with E-state index in [1.54, 1.807) is 6.92 Å². The molecule has 0 aliphatic rings. The maximum atomic E-state index is 12.5. The van der Waals surface area contributed by atoms with Crippen molar-refractivity contribution >= 4 is 15.9 Å². The van der Waals surface area contributed by atoms with E-state index in [2.05, 4.69) is 20.8 Å². The van der Waals surface area contributed by atoms with E-state index in [4.69, 9.17) is 5.90 Å². The van der Waals surface area contributed by atoms with Crippen molar-refractivity contribution in [2.75, 3.05) is 0 Å². The average molecular weight is 284 g/mol. The summed E-state index contributed by atoms with van der Waals surface area (Å²) in [6.07, 6.45) is -4.96. The molecule has 84 valence electrons. The second-order valence-electron chi connectivity index (χ2n) is 3.02. The van der Waals surface area contributed by atoms with E-state index in [9.17, 15) is 13.2 Å². The van der Waals surface area contributed by atoms with Crippen LogP contribution >= 0.6 is 15.9 Å². The number of alkyl halides is 3. The molecule has 0 fully saturated rings. The number of benzene rings is 1. The number of nitrogens with two attached hydrogens (primary N) is 1. The summed E-state index contributed by atoms with van der Waals surface area (Å²) in [6, 6.07) is 3.87. The van der Waals surface area contributed by atoms with Crippen LogP contribution < -0.4 is 5.90 Å². The predicted octanol–water partition coefficient (Wildman–Crippen LogP) is 3.42. The molecule has 0 saturated heterocycles. The lowest BCUT2D eigenvalue weighted by Gasteiger charge is -2.14. The van der Waals surface area contributed by atoms with Gasteiger partial charge in [0.15, 0.2) is 0 Å². The van der Waals surface area contributed by atoms with Crippen LogP contribution in [0.4, 0.5) is 13.2 Å². The van der Waals surface area contributed by atoms with Gasteiger partial charge in [0.25, 0.3) is 0 Å². The molecule has 2 N–H and O–H groups in total. The Morgan fingerprint density at radius 2 is 2.00 bits per heavy atom. The molecule has 15 heavy (non-hydrogen) atoms. The highest BCUT2D eigenvalue weighted by Gasteiger charge is 2.33. The fraction of sp³-hybridized carbons (Fsp3) is 0.333. The normalized spacial score (nSPS) is 14.0. The largest absolute Gasteiger partial charge is 0.417 e. The van der Waals surface area contributed by atoms with E-state index in [1.165, 1.54) is 12.1 Å². The molecule has 1 aromatic rings. The van der Waals surface area contributed by atoms with Gasteiger partial charge in [-0.2, -0.15) is 13.2 Å². The smallest absolute Gasteiger partial charge is 0.297 e. The molecule has 0 aromatic heterocycles. The summed E-state index contributed by atoms with van der Waals surface area (Å²) in [4.78, 5) is 4.46. The highest BCUT2D eigenvalue weighted by atomic mass is 79.9. The molecule has 2 nitrogen and oxygen atoms in total. The second-order valence-corrected chi connectivity index (χ2v) is 3.87. The van der Waals surface area contributed by atoms with Gasteiger partial charge in [0.2, 0.25) is 0 Å². The molecule has 0 saturated carbocycles. The molecule has 0 amide bonds. The minimum absolute atomic E-state index is 0.00275. The number of halogens is 4. The average Bonchev–Trinajstić information content (AvgIpc) is 2.15. The summed E-state index contributed by atoms with van der Waals surface area (Å²) < 4.78 is 37.5. The van der Waals surface area contributed by atoms with Crippen molar-refractivity contribution in [2.24, 2.45) is 5.90 Å². The minimum atomic E-state index is -4.39.